The molecular weight excluding hydrogens is 362 g/mol. The van der Waals surface area contributed by atoms with Crippen LogP contribution in [-0.4, -0.2) is 56.3 Å². The third-order valence-corrected chi connectivity index (χ3v) is 8.16. The van der Waals surface area contributed by atoms with Gasteiger partial charge in [0.1, 0.15) is 0 Å². The summed E-state index contributed by atoms with van der Waals surface area (Å²) in [6.45, 7) is 8.84. The van der Waals surface area contributed by atoms with E-state index in [0.29, 0.717) is 50.1 Å². The van der Waals surface area contributed by atoms with E-state index in [2.05, 4.69) is 6.92 Å². The van der Waals surface area contributed by atoms with E-state index in [-0.39, 0.29) is 10.8 Å². The third-order valence-electron chi connectivity index (χ3n) is 6.13. The minimum atomic E-state index is -3.59. The van der Waals surface area contributed by atoms with Gasteiger partial charge in [-0.3, -0.25) is 4.79 Å². The third kappa shape index (κ3) is 4.05. The van der Waals surface area contributed by atoms with Crippen LogP contribution in [0, 0.1) is 25.7 Å². The summed E-state index contributed by atoms with van der Waals surface area (Å²) in [4.78, 5) is 15.0. The lowest BCUT2D eigenvalue weighted by molar-refractivity contribution is 0.0787. The van der Waals surface area contributed by atoms with Crippen LogP contribution in [0.2, 0.25) is 0 Å². The Morgan fingerprint density at radius 3 is 2.41 bits per heavy atom. The van der Waals surface area contributed by atoms with Crippen LogP contribution in [0.1, 0.15) is 47.7 Å². The normalized spacial score (nSPS) is 22.4. The van der Waals surface area contributed by atoms with E-state index in [4.69, 9.17) is 5.73 Å². The van der Waals surface area contributed by atoms with E-state index in [1.54, 1.807) is 15.3 Å². The molecule has 2 aliphatic heterocycles. The summed E-state index contributed by atoms with van der Waals surface area (Å²) in [5, 5.41) is 0. The molecule has 2 heterocycles. The standard InChI is InChI=1S/C20H31N3O3S/c1-14-4-8-23(9-5-14)27(25,26)19-11-18(10-15(2)16(19)3)20(24)22-7-6-17(12-21)13-22/h10-11,14,17H,4-9,12-13,21H2,1-3H3. The molecule has 0 spiro atoms. The molecule has 6 nitrogen and oxygen atoms in total. The van der Waals surface area contributed by atoms with Gasteiger partial charge in [-0.2, -0.15) is 4.31 Å². The molecule has 0 saturated carbocycles. The zero-order valence-corrected chi connectivity index (χ0v) is 17.4. The first-order valence-corrected chi connectivity index (χ1v) is 11.3. The van der Waals surface area contributed by atoms with Gasteiger partial charge in [-0.05, 0) is 74.8 Å². The molecule has 1 amide bonds. The molecule has 1 aromatic rings. The Hall–Kier alpha value is -1.44. The smallest absolute Gasteiger partial charge is 0.253 e. The van der Waals surface area contributed by atoms with Gasteiger partial charge in [0.2, 0.25) is 10.0 Å². The topological polar surface area (TPSA) is 83.7 Å². The molecule has 27 heavy (non-hydrogen) atoms. The fourth-order valence-corrected chi connectivity index (χ4v) is 5.77. The van der Waals surface area contributed by atoms with Crippen LogP contribution in [0.15, 0.2) is 17.0 Å². The largest absolute Gasteiger partial charge is 0.338 e. The molecule has 0 radical (unpaired) electrons. The molecule has 0 bridgehead atoms. The maximum Gasteiger partial charge on any atom is 0.253 e. The van der Waals surface area contributed by atoms with Crippen LogP contribution in [0.4, 0.5) is 0 Å². The summed E-state index contributed by atoms with van der Waals surface area (Å²) < 4.78 is 28.1. The molecule has 3 rings (SSSR count). The van der Waals surface area contributed by atoms with E-state index in [1.165, 1.54) is 0 Å². The number of carbonyl (C=O) groups excluding carboxylic acids is 1. The maximum atomic E-state index is 13.2. The number of rotatable bonds is 4. The quantitative estimate of drug-likeness (QED) is 0.849. The van der Waals surface area contributed by atoms with Crippen molar-refractivity contribution in [2.75, 3.05) is 32.7 Å². The van der Waals surface area contributed by atoms with E-state index in [0.717, 1.165) is 30.4 Å². The highest BCUT2D eigenvalue weighted by Crippen LogP contribution is 2.29. The van der Waals surface area contributed by atoms with Crippen molar-refractivity contribution in [2.24, 2.45) is 17.6 Å². The highest BCUT2D eigenvalue weighted by atomic mass is 32.2. The Kier molecular flexibility index (Phi) is 5.93. The lowest BCUT2D eigenvalue weighted by Gasteiger charge is -2.30. The van der Waals surface area contributed by atoms with Gasteiger partial charge in [-0.15, -0.1) is 0 Å². The van der Waals surface area contributed by atoms with Crippen LogP contribution in [0.5, 0.6) is 0 Å². The molecule has 0 aliphatic carbocycles. The summed E-state index contributed by atoms with van der Waals surface area (Å²) in [5.41, 5.74) is 7.75. The number of nitrogens with zero attached hydrogens (tertiary/aromatic N) is 2. The van der Waals surface area contributed by atoms with Gasteiger partial charge in [-0.1, -0.05) is 6.92 Å². The lowest BCUT2D eigenvalue weighted by atomic mass is 10.0. The summed E-state index contributed by atoms with van der Waals surface area (Å²) in [6.07, 6.45) is 2.67. The van der Waals surface area contributed by atoms with Gasteiger partial charge in [0.05, 0.1) is 4.90 Å². The molecule has 150 valence electrons. The van der Waals surface area contributed by atoms with Gasteiger partial charge in [-0.25, -0.2) is 8.42 Å². The summed E-state index contributed by atoms with van der Waals surface area (Å²) in [7, 11) is -3.59. The Labute approximate surface area is 162 Å². The Morgan fingerprint density at radius 1 is 1.15 bits per heavy atom. The van der Waals surface area contributed by atoms with Crippen molar-refractivity contribution in [3.63, 3.8) is 0 Å². The minimum Gasteiger partial charge on any atom is -0.338 e. The van der Waals surface area contributed by atoms with E-state index < -0.39 is 10.0 Å². The SMILES string of the molecule is Cc1cc(C(=O)N2CCC(CN)C2)cc(S(=O)(=O)N2CCC(C)CC2)c1C. The van der Waals surface area contributed by atoms with Crippen molar-refractivity contribution >= 4 is 15.9 Å². The number of carbonyl (C=O) groups is 1. The molecule has 1 unspecified atom stereocenters. The zero-order valence-electron chi connectivity index (χ0n) is 16.6. The van der Waals surface area contributed by atoms with Crippen molar-refractivity contribution in [1.29, 1.82) is 0 Å². The van der Waals surface area contributed by atoms with Crippen LogP contribution >= 0.6 is 0 Å². The van der Waals surface area contributed by atoms with Crippen LogP contribution < -0.4 is 5.73 Å². The second-order valence-electron chi connectivity index (χ2n) is 8.14. The molecular formula is C20H31N3O3S. The van der Waals surface area contributed by atoms with Gasteiger partial charge in [0.25, 0.3) is 5.91 Å². The number of sulfonamides is 1. The van der Waals surface area contributed by atoms with Crippen molar-refractivity contribution in [2.45, 2.75) is 44.9 Å². The molecule has 2 fully saturated rings. The molecule has 7 heteroatoms. The Bertz CT molecular complexity index is 814. The van der Waals surface area contributed by atoms with Gasteiger partial charge in [0.15, 0.2) is 0 Å². The predicted molar refractivity (Wildman–Crippen MR) is 106 cm³/mol. The van der Waals surface area contributed by atoms with E-state index in [1.807, 2.05) is 19.9 Å². The number of aryl methyl sites for hydroxylation is 1. The second kappa shape index (κ2) is 7.89. The summed E-state index contributed by atoms with van der Waals surface area (Å²) >= 11 is 0. The first kappa shape index (κ1) is 20.3. The fourth-order valence-electron chi connectivity index (χ4n) is 3.97. The monoisotopic (exact) mass is 393 g/mol. The van der Waals surface area contributed by atoms with E-state index >= 15 is 0 Å². The first-order chi connectivity index (χ1) is 12.7. The van der Waals surface area contributed by atoms with Crippen molar-refractivity contribution in [3.8, 4) is 0 Å². The fraction of sp³-hybridized carbons (Fsp3) is 0.650. The highest BCUT2D eigenvalue weighted by Gasteiger charge is 2.32. The number of nitrogens with two attached hydrogens (primary N) is 1. The Balaban J connectivity index is 1.91. The number of hydrogen-bond acceptors (Lipinski definition) is 4. The van der Waals surface area contributed by atoms with Gasteiger partial charge >= 0.3 is 0 Å². The molecule has 0 aromatic heterocycles. The molecule has 1 atom stereocenters. The summed E-state index contributed by atoms with van der Waals surface area (Å²) in [5.74, 6) is 0.787. The number of piperidine rings is 1. The minimum absolute atomic E-state index is 0.0993. The van der Waals surface area contributed by atoms with Gasteiger partial charge < -0.3 is 10.6 Å². The average Bonchev–Trinajstić information content (AvgIpc) is 3.12. The second-order valence-corrected chi connectivity index (χ2v) is 10.1. The van der Waals surface area contributed by atoms with Gasteiger partial charge in [0, 0.05) is 31.7 Å². The van der Waals surface area contributed by atoms with Crippen molar-refractivity contribution in [3.05, 3.63) is 28.8 Å². The highest BCUT2D eigenvalue weighted by molar-refractivity contribution is 7.89. The number of hydrogen-bond donors (Lipinski definition) is 1. The van der Waals surface area contributed by atoms with Crippen LogP contribution in [0.25, 0.3) is 0 Å². The zero-order chi connectivity index (χ0) is 19.8. The number of likely N-dealkylation sites (tertiary alicyclic amines) is 1. The average molecular weight is 394 g/mol. The number of benzene rings is 1. The lowest BCUT2D eigenvalue weighted by Crippen LogP contribution is -2.38. The first-order valence-electron chi connectivity index (χ1n) is 9.84. The predicted octanol–water partition coefficient (Wildman–Crippen LogP) is 2.14. The molecule has 2 saturated heterocycles. The Morgan fingerprint density at radius 2 is 1.81 bits per heavy atom. The molecule has 1 aromatic carbocycles. The molecule has 2 N–H and O–H groups in total. The van der Waals surface area contributed by atoms with Crippen molar-refractivity contribution < 1.29 is 13.2 Å². The molecule has 2 aliphatic rings. The van der Waals surface area contributed by atoms with Crippen LogP contribution in [-0.2, 0) is 10.0 Å². The summed E-state index contributed by atoms with van der Waals surface area (Å²) in [6, 6.07) is 3.39. The number of amides is 1. The van der Waals surface area contributed by atoms with Crippen molar-refractivity contribution in [1.82, 2.24) is 9.21 Å². The maximum absolute atomic E-state index is 13.2. The van der Waals surface area contributed by atoms with Crippen LogP contribution in [0.3, 0.4) is 0 Å². The van der Waals surface area contributed by atoms with E-state index in [9.17, 15) is 13.2 Å².